The van der Waals surface area contributed by atoms with Crippen LogP contribution >= 0.6 is 0 Å². The first kappa shape index (κ1) is 31.1. The summed E-state index contributed by atoms with van der Waals surface area (Å²) in [5.74, 6) is -0.0586. The number of rotatable bonds is 10. The van der Waals surface area contributed by atoms with Crippen LogP contribution in [0.4, 0.5) is 16.2 Å². The molecule has 0 saturated heterocycles. The Morgan fingerprint density at radius 3 is 2.54 bits per heavy atom. The van der Waals surface area contributed by atoms with Gasteiger partial charge >= 0.3 is 6.03 Å². The van der Waals surface area contributed by atoms with Gasteiger partial charge in [0.05, 0.1) is 5.69 Å². The minimum atomic E-state index is -0.230. The maximum Gasteiger partial charge on any atom is 0.320 e. The number of benzene rings is 3. The van der Waals surface area contributed by atoms with E-state index in [2.05, 4.69) is 10.6 Å². The van der Waals surface area contributed by atoms with E-state index in [1.807, 2.05) is 47.2 Å². The quantitative estimate of drug-likeness (QED) is 0.289. The van der Waals surface area contributed by atoms with Gasteiger partial charge in [-0.3, -0.25) is 14.4 Å². The van der Waals surface area contributed by atoms with Crippen LogP contribution < -0.4 is 21.1 Å². The Balaban J connectivity index is 1.07. The number of anilines is 2. The van der Waals surface area contributed by atoms with Crippen LogP contribution in [0.1, 0.15) is 63.1 Å². The van der Waals surface area contributed by atoms with Crippen LogP contribution in [0.3, 0.4) is 0 Å². The van der Waals surface area contributed by atoms with Crippen molar-refractivity contribution in [3.8, 4) is 5.75 Å². The van der Waals surface area contributed by atoms with Crippen molar-refractivity contribution in [2.24, 2.45) is 5.73 Å². The van der Waals surface area contributed by atoms with Crippen molar-refractivity contribution in [1.29, 1.82) is 0 Å². The maximum absolute atomic E-state index is 13.5. The summed E-state index contributed by atoms with van der Waals surface area (Å²) in [6.07, 6.45) is 4.43. The number of carbonyl (C=O) groups excluding carboxylic acids is 4. The molecular formula is C35H40N6O5. The second-order valence-electron chi connectivity index (χ2n) is 12.2. The van der Waals surface area contributed by atoms with Crippen LogP contribution in [0.25, 0.3) is 0 Å². The molecule has 240 valence electrons. The summed E-state index contributed by atoms with van der Waals surface area (Å²) >= 11 is 0. The second-order valence-corrected chi connectivity index (χ2v) is 12.2. The monoisotopic (exact) mass is 624 g/mol. The molecule has 46 heavy (non-hydrogen) atoms. The SMILES string of the molecule is CN(CCCCN)C(=O)N1CCc2ccc(NC(=O)c3ccc(CN(C(=O)c4ccc5c(c4)OCC(=O)N5)C4CC4)cc3)cc2C1. The molecule has 0 radical (unpaired) electrons. The van der Waals surface area contributed by atoms with Crippen molar-refractivity contribution in [3.63, 3.8) is 0 Å². The highest BCUT2D eigenvalue weighted by molar-refractivity contribution is 6.04. The van der Waals surface area contributed by atoms with Gasteiger partial charge in [0, 0.05) is 56.1 Å². The molecule has 3 aromatic rings. The Morgan fingerprint density at radius 2 is 1.78 bits per heavy atom. The number of nitrogens with zero attached hydrogens (tertiary/aromatic N) is 3. The molecule has 0 bridgehead atoms. The standard InChI is InChI=1S/C35H40N6O5/c1-39(16-3-2-15-36)35(45)40-17-14-24-8-10-28(18-27(24)21-40)37-33(43)25-6-4-23(5-7-25)20-41(29-11-12-29)34(44)26-9-13-30-31(19-26)46-22-32(42)38-30/h4-10,13,18-19,29H,2-3,11-12,14-17,20-22,36H2,1H3,(H,37,43)(H,38,42). The predicted octanol–water partition coefficient (Wildman–Crippen LogP) is 4.22. The average Bonchev–Trinajstić information content (AvgIpc) is 3.92. The van der Waals surface area contributed by atoms with Crippen molar-refractivity contribution < 1.29 is 23.9 Å². The van der Waals surface area contributed by atoms with Crippen LogP contribution in [0, 0.1) is 0 Å². The number of unbranched alkanes of at least 4 members (excludes halogenated alkanes) is 1. The molecule has 1 fully saturated rings. The number of hydrogen-bond donors (Lipinski definition) is 3. The molecule has 1 aliphatic carbocycles. The zero-order chi connectivity index (χ0) is 32.2. The first-order chi connectivity index (χ1) is 22.3. The van der Waals surface area contributed by atoms with Crippen LogP contribution in [-0.2, 0) is 24.3 Å². The van der Waals surface area contributed by atoms with Gasteiger partial charge in [0.15, 0.2) is 6.61 Å². The Morgan fingerprint density at radius 1 is 1.00 bits per heavy atom. The highest BCUT2D eigenvalue weighted by Gasteiger charge is 2.33. The van der Waals surface area contributed by atoms with E-state index in [0.717, 1.165) is 43.2 Å². The molecule has 11 heteroatoms. The van der Waals surface area contributed by atoms with Gasteiger partial charge in [0.1, 0.15) is 5.75 Å². The number of nitrogens with one attached hydrogen (secondary N) is 2. The lowest BCUT2D eigenvalue weighted by molar-refractivity contribution is -0.118. The molecular weight excluding hydrogens is 584 g/mol. The van der Waals surface area contributed by atoms with Gasteiger partial charge in [-0.25, -0.2) is 4.79 Å². The summed E-state index contributed by atoms with van der Waals surface area (Å²) in [6, 6.07) is 18.4. The number of fused-ring (bicyclic) bond motifs is 2. The topological polar surface area (TPSA) is 137 Å². The van der Waals surface area contributed by atoms with Crippen LogP contribution in [0.5, 0.6) is 5.75 Å². The van der Waals surface area contributed by atoms with Crippen molar-refractivity contribution in [3.05, 3.63) is 88.5 Å². The molecule has 2 aliphatic heterocycles. The fraction of sp³-hybridized carbons (Fsp3) is 0.371. The van der Waals surface area contributed by atoms with Crippen LogP contribution in [0.15, 0.2) is 60.7 Å². The molecule has 1 saturated carbocycles. The normalized spacial score (nSPS) is 15.2. The molecule has 0 unspecified atom stereocenters. The van der Waals surface area contributed by atoms with E-state index >= 15 is 0 Å². The Hall–Kier alpha value is -4.90. The third kappa shape index (κ3) is 7.15. The number of hydrogen-bond acceptors (Lipinski definition) is 6. The van der Waals surface area contributed by atoms with Crippen LogP contribution in [0.2, 0.25) is 0 Å². The minimum absolute atomic E-state index is 0.00541. The lowest BCUT2D eigenvalue weighted by Crippen LogP contribution is -2.44. The fourth-order valence-corrected chi connectivity index (χ4v) is 5.92. The summed E-state index contributed by atoms with van der Waals surface area (Å²) in [7, 11) is 1.82. The van der Waals surface area contributed by atoms with Gasteiger partial charge in [-0.2, -0.15) is 0 Å². The summed E-state index contributed by atoms with van der Waals surface area (Å²) in [5, 5.41) is 5.75. The van der Waals surface area contributed by atoms with Crippen molar-refractivity contribution in [2.75, 3.05) is 43.9 Å². The van der Waals surface area contributed by atoms with E-state index in [4.69, 9.17) is 10.5 Å². The Kier molecular flexibility index (Phi) is 9.20. The number of nitrogens with two attached hydrogens (primary N) is 1. The largest absolute Gasteiger partial charge is 0.482 e. The second kappa shape index (κ2) is 13.6. The van der Waals surface area contributed by atoms with E-state index in [9.17, 15) is 19.2 Å². The third-order valence-electron chi connectivity index (χ3n) is 8.70. The lowest BCUT2D eigenvalue weighted by Gasteiger charge is -2.32. The molecule has 2 heterocycles. The maximum atomic E-state index is 13.5. The predicted molar refractivity (Wildman–Crippen MR) is 175 cm³/mol. The highest BCUT2D eigenvalue weighted by atomic mass is 16.5. The summed E-state index contributed by atoms with van der Waals surface area (Å²) < 4.78 is 5.50. The van der Waals surface area contributed by atoms with Gasteiger partial charge in [-0.1, -0.05) is 18.2 Å². The smallest absolute Gasteiger partial charge is 0.320 e. The Labute approximate surface area is 268 Å². The van der Waals surface area contributed by atoms with E-state index in [0.29, 0.717) is 61.0 Å². The summed E-state index contributed by atoms with van der Waals surface area (Å²) in [6.45, 7) is 2.80. The number of carbonyl (C=O) groups is 4. The van der Waals surface area contributed by atoms with E-state index in [1.54, 1.807) is 35.2 Å². The molecule has 3 aromatic carbocycles. The van der Waals surface area contributed by atoms with E-state index in [-0.39, 0.29) is 36.4 Å². The fourth-order valence-electron chi connectivity index (χ4n) is 5.92. The first-order valence-corrected chi connectivity index (χ1v) is 15.9. The van der Waals surface area contributed by atoms with Crippen molar-refractivity contribution in [2.45, 2.75) is 51.2 Å². The molecule has 0 spiro atoms. The Bertz CT molecular complexity index is 1640. The van der Waals surface area contributed by atoms with Crippen LogP contribution in [-0.4, -0.2) is 77.8 Å². The third-order valence-corrected chi connectivity index (χ3v) is 8.70. The number of ether oxygens (including phenoxy) is 1. The summed E-state index contributed by atoms with van der Waals surface area (Å²) in [4.78, 5) is 56.7. The van der Waals surface area contributed by atoms with Crippen molar-refractivity contribution >= 4 is 35.1 Å². The number of amides is 5. The zero-order valence-corrected chi connectivity index (χ0v) is 26.1. The van der Waals surface area contributed by atoms with E-state index < -0.39 is 0 Å². The minimum Gasteiger partial charge on any atom is -0.482 e. The van der Waals surface area contributed by atoms with Crippen molar-refractivity contribution in [1.82, 2.24) is 14.7 Å². The van der Waals surface area contributed by atoms with E-state index in [1.165, 1.54) is 5.56 Å². The van der Waals surface area contributed by atoms with Gasteiger partial charge in [0.25, 0.3) is 17.7 Å². The van der Waals surface area contributed by atoms with Gasteiger partial charge < -0.3 is 35.8 Å². The summed E-state index contributed by atoms with van der Waals surface area (Å²) in [5.41, 5.74) is 11.0. The zero-order valence-electron chi connectivity index (χ0n) is 26.1. The molecule has 3 aliphatic rings. The van der Waals surface area contributed by atoms with Gasteiger partial charge in [-0.05, 0) is 97.8 Å². The highest BCUT2D eigenvalue weighted by Crippen LogP contribution is 2.33. The number of urea groups is 1. The molecule has 11 nitrogen and oxygen atoms in total. The first-order valence-electron chi connectivity index (χ1n) is 15.9. The molecule has 0 aromatic heterocycles. The molecule has 5 amide bonds. The lowest BCUT2D eigenvalue weighted by atomic mass is 9.99. The van der Waals surface area contributed by atoms with Gasteiger partial charge in [-0.15, -0.1) is 0 Å². The average molecular weight is 625 g/mol. The molecule has 4 N–H and O–H groups in total. The van der Waals surface area contributed by atoms with Gasteiger partial charge in [0.2, 0.25) is 0 Å². The molecule has 0 atom stereocenters. The molecule has 6 rings (SSSR count).